The number of ether oxygens (including phenoxy) is 2. The first-order valence-electron chi connectivity index (χ1n) is 7.05. The molecule has 0 spiro atoms. The Morgan fingerprint density at radius 1 is 1.05 bits per heavy atom. The Morgan fingerprint density at radius 2 is 1.71 bits per heavy atom. The Kier molecular flexibility index (Phi) is 2.72. The zero-order chi connectivity index (χ0) is 14.3. The van der Waals surface area contributed by atoms with Gasteiger partial charge >= 0.3 is 0 Å². The molecule has 2 aromatic rings. The van der Waals surface area contributed by atoms with Crippen LogP contribution in [0.2, 0.25) is 0 Å². The molecule has 2 aliphatic rings. The van der Waals surface area contributed by atoms with Crippen LogP contribution in [0.1, 0.15) is 5.56 Å². The van der Waals surface area contributed by atoms with Gasteiger partial charge in [0.2, 0.25) is 11.8 Å². The van der Waals surface area contributed by atoms with Crippen LogP contribution in [0.5, 0.6) is 5.75 Å². The van der Waals surface area contributed by atoms with Gasteiger partial charge in [-0.25, -0.2) is 0 Å². The maximum Gasteiger partial charge on any atom is 0.271 e. The van der Waals surface area contributed by atoms with E-state index in [4.69, 9.17) is 9.47 Å². The normalized spacial score (nSPS) is 27.1. The molecule has 2 heterocycles. The highest BCUT2D eigenvalue weighted by Crippen LogP contribution is 2.47. The zero-order valence-corrected chi connectivity index (χ0v) is 11.4. The zero-order valence-electron chi connectivity index (χ0n) is 11.4. The van der Waals surface area contributed by atoms with Crippen molar-refractivity contribution in [1.29, 1.82) is 0 Å². The molecule has 1 amide bonds. The van der Waals surface area contributed by atoms with Crippen molar-refractivity contribution >= 4 is 5.91 Å². The number of para-hydroxylation sites is 1. The van der Waals surface area contributed by atoms with Crippen LogP contribution in [0.15, 0.2) is 60.7 Å². The monoisotopic (exact) mass is 281 g/mol. The van der Waals surface area contributed by atoms with Crippen molar-refractivity contribution in [2.45, 2.75) is 11.8 Å². The van der Waals surface area contributed by atoms with Gasteiger partial charge in [-0.1, -0.05) is 48.5 Å². The molecule has 0 radical (unpaired) electrons. The first-order valence-corrected chi connectivity index (χ1v) is 7.05. The number of carbonyl (C=O) groups excluding carboxylic acids is 1. The lowest BCUT2D eigenvalue weighted by Gasteiger charge is -2.51. The molecule has 0 bridgehead atoms. The minimum atomic E-state index is -0.770. The number of rotatable bonds is 3. The minimum absolute atomic E-state index is 0.0137. The van der Waals surface area contributed by atoms with Gasteiger partial charge in [0.05, 0.1) is 6.61 Å². The minimum Gasteiger partial charge on any atom is -0.475 e. The van der Waals surface area contributed by atoms with E-state index in [9.17, 15) is 4.79 Å². The van der Waals surface area contributed by atoms with Crippen molar-refractivity contribution in [2.75, 3.05) is 13.2 Å². The van der Waals surface area contributed by atoms with Gasteiger partial charge < -0.3 is 14.4 Å². The maximum absolute atomic E-state index is 12.3. The number of hydrogen-bond acceptors (Lipinski definition) is 3. The van der Waals surface area contributed by atoms with Crippen molar-refractivity contribution in [3.05, 3.63) is 66.2 Å². The third kappa shape index (κ3) is 1.69. The predicted octanol–water partition coefficient (Wildman–Crippen LogP) is 2.16. The van der Waals surface area contributed by atoms with Crippen LogP contribution in [0.25, 0.3) is 0 Å². The van der Waals surface area contributed by atoms with E-state index >= 15 is 0 Å². The number of β-lactam (4-membered cyclic amide) rings is 1. The van der Waals surface area contributed by atoms with Gasteiger partial charge in [0.1, 0.15) is 5.75 Å². The van der Waals surface area contributed by atoms with Gasteiger partial charge in [0, 0.05) is 12.1 Å². The van der Waals surface area contributed by atoms with E-state index in [-0.39, 0.29) is 5.91 Å². The van der Waals surface area contributed by atoms with Crippen molar-refractivity contribution in [1.82, 2.24) is 4.90 Å². The van der Waals surface area contributed by atoms with Crippen LogP contribution in [0, 0.1) is 0 Å². The molecule has 0 unspecified atom stereocenters. The highest BCUT2D eigenvalue weighted by Gasteiger charge is 2.67. The third-order valence-electron chi connectivity index (χ3n) is 4.07. The summed E-state index contributed by atoms with van der Waals surface area (Å²) >= 11 is 0. The summed E-state index contributed by atoms with van der Waals surface area (Å²) in [5, 5.41) is 0. The summed E-state index contributed by atoms with van der Waals surface area (Å²) < 4.78 is 11.9. The Balaban J connectivity index is 1.71. The van der Waals surface area contributed by atoms with E-state index in [0.29, 0.717) is 18.9 Å². The van der Waals surface area contributed by atoms with Gasteiger partial charge in [-0.15, -0.1) is 0 Å². The summed E-state index contributed by atoms with van der Waals surface area (Å²) in [6.07, 6.45) is -0.621. The topological polar surface area (TPSA) is 38.8 Å². The number of amides is 1. The van der Waals surface area contributed by atoms with E-state index in [0.717, 1.165) is 5.56 Å². The largest absolute Gasteiger partial charge is 0.475 e. The molecule has 0 aliphatic carbocycles. The Morgan fingerprint density at radius 3 is 2.43 bits per heavy atom. The predicted molar refractivity (Wildman–Crippen MR) is 76.6 cm³/mol. The molecule has 2 fully saturated rings. The summed E-state index contributed by atoms with van der Waals surface area (Å²) in [7, 11) is 0. The van der Waals surface area contributed by atoms with E-state index in [1.165, 1.54) is 0 Å². The summed E-state index contributed by atoms with van der Waals surface area (Å²) in [5.74, 6) is 0.668. The molecule has 4 nitrogen and oxygen atoms in total. The molecule has 4 rings (SSSR count). The summed E-state index contributed by atoms with van der Waals surface area (Å²) in [5.41, 5.74) is 0.191. The smallest absolute Gasteiger partial charge is 0.271 e. The summed E-state index contributed by atoms with van der Waals surface area (Å²) in [4.78, 5) is 14.1. The maximum atomic E-state index is 12.3. The Bertz CT molecular complexity index is 658. The number of hydrogen-bond donors (Lipinski definition) is 0. The van der Waals surface area contributed by atoms with E-state index in [2.05, 4.69) is 0 Å². The van der Waals surface area contributed by atoms with E-state index in [1.807, 2.05) is 60.7 Å². The van der Waals surface area contributed by atoms with Crippen molar-refractivity contribution < 1.29 is 14.3 Å². The van der Waals surface area contributed by atoms with Gasteiger partial charge in [0.25, 0.3) is 5.91 Å². The lowest BCUT2D eigenvalue weighted by molar-refractivity contribution is -0.227. The fourth-order valence-corrected chi connectivity index (χ4v) is 3.10. The molecule has 0 aromatic heterocycles. The van der Waals surface area contributed by atoms with Crippen LogP contribution < -0.4 is 4.74 Å². The first-order chi connectivity index (χ1) is 10.3. The van der Waals surface area contributed by atoms with Crippen LogP contribution in [-0.4, -0.2) is 30.1 Å². The highest BCUT2D eigenvalue weighted by molar-refractivity contribution is 5.91. The number of nitrogens with zero attached hydrogens (tertiary/aromatic N) is 1. The SMILES string of the molecule is O=C1[C@@H](Oc2ccccc2)[C@]2(c3ccccc3)OCCN12. The number of carbonyl (C=O) groups is 1. The Labute approximate surface area is 122 Å². The van der Waals surface area contributed by atoms with Crippen LogP contribution in [0.3, 0.4) is 0 Å². The van der Waals surface area contributed by atoms with Crippen LogP contribution in [-0.2, 0) is 15.3 Å². The molecule has 2 atom stereocenters. The lowest BCUT2D eigenvalue weighted by Crippen LogP contribution is -2.71. The first kappa shape index (κ1) is 12.4. The third-order valence-corrected chi connectivity index (χ3v) is 4.07. The summed E-state index contributed by atoms with van der Waals surface area (Å²) in [6, 6.07) is 19.2. The fraction of sp³-hybridized carbons (Fsp3) is 0.235. The van der Waals surface area contributed by atoms with Crippen LogP contribution in [0.4, 0.5) is 0 Å². The van der Waals surface area contributed by atoms with Gasteiger partial charge in [0.15, 0.2) is 0 Å². The molecule has 4 heteroatoms. The van der Waals surface area contributed by atoms with Crippen molar-refractivity contribution in [3.8, 4) is 5.75 Å². The molecular weight excluding hydrogens is 266 g/mol. The van der Waals surface area contributed by atoms with Crippen LogP contribution >= 0.6 is 0 Å². The molecule has 2 aliphatic heterocycles. The van der Waals surface area contributed by atoms with Crippen molar-refractivity contribution in [3.63, 3.8) is 0 Å². The second-order valence-corrected chi connectivity index (χ2v) is 5.21. The molecule has 0 saturated carbocycles. The van der Waals surface area contributed by atoms with Crippen molar-refractivity contribution in [2.24, 2.45) is 0 Å². The lowest BCUT2D eigenvalue weighted by atomic mass is 9.86. The average molecular weight is 281 g/mol. The molecule has 0 N–H and O–H groups in total. The molecule has 2 aromatic carbocycles. The molecule has 2 saturated heterocycles. The standard InChI is InChI=1S/C17H15NO3/c19-16-15(21-14-9-5-2-6-10-14)17(18(16)11-12-20-17)13-7-3-1-4-8-13/h1-10,15H,11-12H2/t15-,17+/m1/s1. The quantitative estimate of drug-likeness (QED) is 0.809. The fourth-order valence-electron chi connectivity index (χ4n) is 3.10. The highest BCUT2D eigenvalue weighted by atomic mass is 16.6. The number of fused-ring (bicyclic) bond motifs is 1. The Hall–Kier alpha value is -2.33. The van der Waals surface area contributed by atoms with E-state index < -0.39 is 11.8 Å². The molecule has 21 heavy (non-hydrogen) atoms. The van der Waals surface area contributed by atoms with Gasteiger partial charge in [-0.05, 0) is 12.1 Å². The van der Waals surface area contributed by atoms with E-state index in [1.54, 1.807) is 4.90 Å². The number of benzene rings is 2. The van der Waals surface area contributed by atoms with Gasteiger partial charge in [-0.2, -0.15) is 0 Å². The average Bonchev–Trinajstić information content (AvgIpc) is 2.95. The molecular formula is C17H15NO3. The summed E-state index contributed by atoms with van der Waals surface area (Å²) in [6.45, 7) is 1.15. The van der Waals surface area contributed by atoms with Gasteiger partial charge in [-0.3, -0.25) is 4.79 Å². The second kappa shape index (κ2) is 4.60. The molecule has 106 valence electrons. The second-order valence-electron chi connectivity index (χ2n) is 5.21.